The summed E-state index contributed by atoms with van der Waals surface area (Å²) in [6.07, 6.45) is 1.94. The highest BCUT2D eigenvalue weighted by Gasteiger charge is 2.11. The van der Waals surface area contributed by atoms with Crippen LogP contribution in [-0.2, 0) is 15.8 Å². The van der Waals surface area contributed by atoms with Crippen LogP contribution in [0, 0.1) is 0 Å². The van der Waals surface area contributed by atoms with Crippen LogP contribution in [0.5, 0.6) is 0 Å². The fraction of sp³-hybridized carbons (Fsp3) is 0.545. The summed E-state index contributed by atoms with van der Waals surface area (Å²) >= 11 is 0. The van der Waals surface area contributed by atoms with E-state index in [0.29, 0.717) is 30.1 Å². The SMILES string of the molecule is CNc1nc(N)nc2c1ncn2CCOCP(C)(C)=O. The zero-order valence-corrected chi connectivity index (χ0v) is 12.7. The first-order valence-corrected chi connectivity index (χ1v) is 8.97. The van der Waals surface area contributed by atoms with Crippen LogP contribution in [0.2, 0.25) is 0 Å². The summed E-state index contributed by atoms with van der Waals surface area (Å²) < 4.78 is 18.8. The number of nitrogens with zero attached hydrogens (tertiary/aromatic N) is 4. The minimum absolute atomic E-state index is 0.191. The van der Waals surface area contributed by atoms with Crippen LogP contribution >= 0.6 is 7.14 Å². The van der Waals surface area contributed by atoms with E-state index < -0.39 is 7.14 Å². The number of anilines is 2. The van der Waals surface area contributed by atoms with Crippen molar-refractivity contribution >= 4 is 30.1 Å². The molecule has 2 aromatic rings. The van der Waals surface area contributed by atoms with Crippen molar-refractivity contribution in [1.29, 1.82) is 0 Å². The normalized spacial score (nSPS) is 11.9. The summed E-state index contributed by atoms with van der Waals surface area (Å²) in [7, 11) is -0.390. The molecule has 0 unspecified atom stereocenters. The van der Waals surface area contributed by atoms with Gasteiger partial charge in [0.2, 0.25) is 5.95 Å². The van der Waals surface area contributed by atoms with Crippen molar-refractivity contribution in [2.45, 2.75) is 6.54 Å². The molecule has 2 rings (SSSR count). The summed E-state index contributed by atoms with van der Waals surface area (Å²) in [5, 5.41) is 2.94. The summed E-state index contributed by atoms with van der Waals surface area (Å²) in [6, 6.07) is 0. The fourth-order valence-corrected chi connectivity index (χ4v) is 2.32. The van der Waals surface area contributed by atoms with Gasteiger partial charge in [0, 0.05) is 13.6 Å². The summed E-state index contributed by atoms with van der Waals surface area (Å²) in [5.74, 6) is 0.787. The lowest BCUT2D eigenvalue weighted by Gasteiger charge is -2.09. The van der Waals surface area contributed by atoms with Crippen LogP contribution < -0.4 is 11.1 Å². The number of hydrogen-bond donors (Lipinski definition) is 2. The zero-order chi connectivity index (χ0) is 14.8. The first-order chi connectivity index (χ1) is 9.40. The fourth-order valence-electron chi connectivity index (χ4n) is 1.75. The Morgan fingerprint density at radius 2 is 2.20 bits per heavy atom. The van der Waals surface area contributed by atoms with E-state index in [0.717, 1.165) is 0 Å². The van der Waals surface area contributed by atoms with Crippen molar-refractivity contribution in [1.82, 2.24) is 19.5 Å². The van der Waals surface area contributed by atoms with E-state index in [1.807, 2.05) is 4.57 Å². The van der Waals surface area contributed by atoms with Gasteiger partial charge in [-0.25, -0.2) is 4.98 Å². The number of nitrogens with one attached hydrogen (secondary N) is 1. The molecule has 0 aliphatic heterocycles. The van der Waals surface area contributed by atoms with Gasteiger partial charge in [-0.2, -0.15) is 9.97 Å². The third-order valence-corrected chi connectivity index (χ3v) is 3.40. The number of aromatic nitrogens is 4. The maximum Gasteiger partial charge on any atom is 0.224 e. The van der Waals surface area contributed by atoms with E-state index in [4.69, 9.17) is 10.5 Å². The van der Waals surface area contributed by atoms with Crippen LogP contribution in [0.25, 0.3) is 11.2 Å². The number of hydrogen-bond acceptors (Lipinski definition) is 7. The van der Waals surface area contributed by atoms with Crippen molar-refractivity contribution < 1.29 is 9.30 Å². The van der Waals surface area contributed by atoms with Gasteiger partial charge < -0.3 is 24.9 Å². The molecular formula is C11H19N6O2P. The second-order valence-corrected chi connectivity index (χ2v) is 8.31. The maximum atomic E-state index is 11.5. The van der Waals surface area contributed by atoms with Crippen LogP contribution in [-0.4, -0.2) is 52.9 Å². The zero-order valence-electron chi connectivity index (χ0n) is 11.8. The van der Waals surface area contributed by atoms with Crippen molar-refractivity contribution in [2.24, 2.45) is 0 Å². The number of fused-ring (bicyclic) bond motifs is 1. The predicted octanol–water partition coefficient (Wildman–Crippen LogP) is 1.05. The van der Waals surface area contributed by atoms with Crippen LogP contribution in [0.1, 0.15) is 0 Å². The molecule has 0 spiro atoms. The summed E-state index contributed by atoms with van der Waals surface area (Å²) in [4.78, 5) is 12.5. The van der Waals surface area contributed by atoms with E-state index in [1.54, 1.807) is 26.7 Å². The van der Waals surface area contributed by atoms with Gasteiger partial charge in [0.15, 0.2) is 17.0 Å². The minimum Gasteiger partial charge on any atom is -0.372 e. The van der Waals surface area contributed by atoms with Crippen LogP contribution in [0.15, 0.2) is 6.33 Å². The highest BCUT2D eigenvalue weighted by atomic mass is 31.2. The predicted molar refractivity (Wildman–Crippen MR) is 79.6 cm³/mol. The molecule has 0 saturated heterocycles. The molecule has 0 aromatic carbocycles. The maximum absolute atomic E-state index is 11.5. The van der Waals surface area contributed by atoms with Crippen LogP contribution in [0.4, 0.5) is 11.8 Å². The average Bonchev–Trinajstić information content (AvgIpc) is 2.75. The molecule has 9 heteroatoms. The number of nitrogen functional groups attached to an aromatic ring is 1. The first-order valence-electron chi connectivity index (χ1n) is 6.18. The van der Waals surface area contributed by atoms with E-state index in [-0.39, 0.29) is 12.3 Å². The molecule has 0 aliphatic rings. The van der Waals surface area contributed by atoms with E-state index in [1.165, 1.54) is 0 Å². The smallest absolute Gasteiger partial charge is 0.224 e. The molecule has 2 heterocycles. The van der Waals surface area contributed by atoms with Crippen molar-refractivity contribution in [3.05, 3.63) is 6.33 Å². The van der Waals surface area contributed by atoms with Gasteiger partial charge in [0.1, 0.15) is 7.14 Å². The highest BCUT2D eigenvalue weighted by molar-refractivity contribution is 7.62. The number of ether oxygens (including phenoxy) is 1. The third kappa shape index (κ3) is 3.46. The van der Waals surface area contributed by atoms with Gasteiger partial charge in [-0.05, 0) is 13.3 Å². The van der Waals surface area contributed by atoms with E-state index >= 15 is 0 Å². The molecule has 0 fully saturated rings. The molecule has 110 valence electrons. The van der Waals surface area contributed by atoms with Gasteiger partial charge >= 0.3 is 0 Å². The van der Waals surface area contributed by atoms with Crippen molar-refractivity contribution in [3.63, 3.8) is 0 Å². The van der Waals surface area contributed by atoms with Gasteiger partial charge in [0.25, 0.3) is 0 Å². The minimum atomic E-state index is -2.14. The monoisotopic (exact) mass is 298 g/mol. The second kappa shape index (κ2) is 5.76. The van der Waals surface area contributed by atoms with Crippen LogP contribution in [0.3, 0.4) is 0 Å². The second-order valence-electron chi connectivity index (χ2n) is 4.90. The molecule has 0 aliphatic carbocycles. The summed E-state index contributed by atoms with van der Waals surface area (Å²) in [5.41, 5.74) is 6.99. The Bertz CT molecular complexity index is 650. The third-order valence-electron chi connectivity index (χ3n) is 2.60. The molecule has 0 radical (unpaired) electrons. The lowest BCUT2D eigenvalue weighted by atomic mass is 10.5. The molecule has 0 atom stereocenters. The summed E-state index contributed by atoms with van der Waals surface area (Å²) in [6.45, 7) is 4.41. The Morgan fingerprint density at radius 3 is 2.85 bits per heavy atom. The van der Waals surface area contributed by atoms with Crippen molar-refractivity contribution in [3.8, 4) is 0 Å². The van der Waals surface area contributed by atoms with Gasteiger partial charge in [-0.1, -0.05) is 0 Å². The molecular weight excluding hydrogens is 279 g/mol. The number of nitrogens with two attached hydrogens (primary N) is 1. The molecule has 0 bridgehead atoms. The molecule has 20 heavy (non-hydrogen) atoms. The molecule has 8 nitrogen and oxygen atoms in total. The Hall–Kier alpha value is -1.66. The first kappa shape index (κ1) is 14.7. The lowest BCUT2D eigenvalue weighted by molar-refractivity contribution is 0.167. The number of imidazole rings is 1. The highest BCUT2D eigenvalue weighted by Crippen LogP contribution is 2.35. The number of rotatable bonds is 6. The Labute approximate surface area is 117 Å². The van der Waals surface area contributed by atoms with E-state index in [2.05, 4.69) is 20.3 Å². The Kier molecular flexibility index (Phi) is 4.25. The largest absolute Gasteiger partial charge is 0.372 e. The topological polar surface area (TPSA) is 108 Å². The quantitative estimate of drug-likeness (QED) is 0.606. The molecule has 0 saturated carbocycles. The van der Waals surface area contributed by atoms with E-state index in [9.17, 15) is 4.57 Å². The molecule has 0 amide bonds. The molecule has 3 N–H and O–H groups in total. The van der Waals surface area contributed by atoms with Gasteiger partial charge in [-0.15, -0.1) is 0 Å². The Morgan fingerprint density at radius 1 is 1.45 bits per heavy atom. The van der Waals surface area contributed by atoms with Crippen molar-refractivity contribution in [2.75, 3.05) is 44.4 Å². The lowest BCUT2D eigenvalue weighted by Crippen LogP contribution is -2.08. The molecule has 2 aromatic heterocycles. The van der Waals surface area contributed by atoms with Gasteiger partial charge in [-0.3, -0.25) is 0 Å². The standard InChI is InChI=1S/C11H19N6O2P/c1-13-9-8-10(16-11(12)15-9)17(6-14-8)4-5-19-7-20(2,3)18/h6H,4-5,7H2,1-3H3,(H3,12,13,15,16). The average molecular weight is 298 g/mol. The Balaban J connectivity index is 2.11. The van der Waals surface area contributed by atoms with Gasteiger partial charge in [0.05, 0.1) is 19.3 Å².